The van der Waals surface area contributed by atoms with Gasteiger partial charge in [-0.25, -0.2) is 4.79 Å². The molecular weight excluding hydrogens is 220 g/mol. The fourth-order valence-corrected chi connectivity index (χ4v) is 1.07. The van der Waals surface area contributed by atoms with Gasteiger partial charge in [-0.1, -0.05) is 0 Å². The predicted molar refractivity (Wildman–Crippen MR) is 39.5 cm³/mol. The summed E-state index contributed by atoms with van der Waals surface area (Å²) in [4.78, 5) is 11.0. The van der Waals surface area contributed by atoms with Gasteiger partial charge in [-0.2, -0.15) is 17.6 Å². The lowest BCUT2D eigenvalue weighted by Gasteiger charge is -2.06. The highest BCUT2D eigenvalue weighted by Crippen LogP contribution is 2.33. The van der Waals surface area contributed by atoms with E-state index in [0.29, 0.717) is 4.68 Å². The Labute approximate surface area is 81.4 Å². The molecule has 1 heterocycles. The molecule has 0 atom stereocenters. The van der Waals surface area contributed by atoms with Gasteiger partial charge in [0.2, 0.25) is 5.95 Å². The normalized spacial score (nSPS) is 11.6. The van der Waals surface area contributed by atoms with E-state index >= 15 is 0 Å². The van der Waals surface area contributed by atoms with Crippen molar-refractivity contribution in [3.8, 4) is 0 Å². The Morgan fingerprint density at radius 3 is 2.40 bits per heavy atom. The first-order valence-corrected chi connectivity index (χ1v) is 3.67. The van der Waals surface area contributed by atoms with E-state index in [9.17, 15) is 22.4 Å². The minimum Gasteiger partial charge on any atom is -0.464 e. The highest BCUT2D eigenvalue weighted by atomic mass is 19.4. The van der Waals surface area contributed by atoms with Crippen LogP contribution in [0, 0.1) is 5.95 Å². The summed E-state index contributed by atoms with van der Waals surface area (Å²) in [5, 5.41) is 2.88. The third kappa shape index (κ3) is 1.92. The van der Waals surface area contributed by atoms with Crippen molar-refractivity contribution in [2.75, 3.05) is 7.11 Å². The first kappa shape index (κ1) is 11.5. The Morgan fingerprint density at radius 1 is 1.47 bits per heavy atom. The Kier molecular flexibility index (Phi) is 2.69. The van der Waals surface area contributed by atoms with Crippen molar-refractivity contribution in [1.82, 2.24) is 9.78 Å². The summed E-state index contributed by atoms with van der Waals surface area (Å²) >= 11 is 0. The van der Waals surface area contributed by atoms with Crippen LogP contribution in [0.1, 0.15) is 16.1 Å². The Balaban J connectivity index is 3.43. The topological polar surface area (TPSA) is 44.1 Å². The molecular formula is C7H6F4N2O2. The van der Waals surface area contributed by atoms with Crippen molar-refractivity contribution in [3.05, 3.63) is 17.2 Å². The molecule has 4 nitrogen and oxygen atoms in total. The van der Waals surface area contributed by atoms with E-state index in [-0.39, 0.29) is 0 Å². The van der Waals surface area contributed by atoms with Gasteiger partial charge in [0.05, 0.1) is 7.11 Å². The summed E-state index contributed by atoms with van der Waals surface area (Å²) in [6, 6.07) is 0. The quantitative estimate of drug-likeness (QED) is 0.536. The number of carbonyl (C=O) groups is 1. The molecule has 0 aliphatic carbocycles. The summed E-state index contributed by atoms with van der Waals surface area (Å²) in [6.45, 7) is 0. The van der Waals surface area contributed by atoms with Gasteiger partial charge < -0.3 is 4.74 Å². The van der Waals surface area contributed by atoms with E-state index in [1.807, 2.05) is 0 Å². The molecule has 15 heavy (non-hydrogen) atoms. The van der Waals surface area contributed by atoms with Gasteiger partial charge in [0.1, 0.15) is 5.56 Å². The van der Waals surface area contributed by atoms with Gasteiger partial charge in [-0.3, -0.25) is 4.68 Å². The largest absolute Gasteiger partial charge is 0.464 e. The summed E-state index contributed by atoms with van der Waals surface area (Å²) in [7, 11) is 1.91. The van der Waals surface area contributed by atoms with E-state index in [1.54, 1.807) is 0 Å². The standard InChI is InChI=1S/C7H6F4N2O2/c1-13-4(6(14)15-2)3(5(8)12-13)7(9,10)11/h1-2H3. The predicted octanol–water partition coefficient (Wildman–Crippen LogP) is 1.36. The van der Waals surface area contributed by atoms with Crippen LogP contribution in [0.4, 0.5) is 17.6 Å². The van der Waals surface area contributed by atoms with E-state index in [2.05, 4.69) is 9.84 Å². The number of nitrogens with zero attached hydrogens (tertiary/aromatic N) is 2. The molecule has 0 spiro atoms. The lowest BCUT2D eigenvalue weighted by atomic mass is 10.2. The number of ether oxygens (including phenoxy) is 1. The van der Waals surface area contributed by atoms with Crippen LogP contribution in [0.3, 0.4) is 0 Å². The number of methoxy groups -OCH3 is 1. The molecule has 0 bridgehead atoms. The number of aromatic nitrogens is 2. The molecule has 1 aromatic rings. The summed E-state index contributed by atoms with van der Waals surface area (Å²) in [6.07, 6.45) is -4.98. The number of esters is 1. The summed E-state index contributed by atoms with van der Waals surface area (Å²) < 4.78 is 54.3. The van der Waals surface area contributed by atoms with Crippen LogP contribution in [-0.4, -0.2) is 22.9 Å². The Morgan fingerprint density at radius 2 is 2.00 bits per heavy atom. The van der Waals surface area contributed by atoms with Crippen molar-refractivity contribution in [2.45, 2.75) is 6.18 Å². The zero-order valence-electron chi connectivity index (χ0n) is 7.72. The number of aryl methyl sites for hydroxylation is 1. The zero-order chi connectivity index (χ0) is 11.8. The molecule has 0 unspecified atom stereocenters. The van der Waals surface area contributed by atoms with Crippen molar-refractivity contribution in [1.29, 1.82) is 0 Å². The highest BCUT2D eigenvalue weighted by molar-refractivity contribution is 5.89. The van der Waals surface area contributed by atoms with Crippen molar-refractivity contribution in [3.63, 3.8) is 0 Å². The monoisotopic (exact) mass is 226 g/mol. The fraction of sp³-hybridized carbons (Fsp3) is 0.429. The molecule has 0 aromatic carbocycles. The lowest BCUT2D eigenvalue weighted by Crippen LogP contribution is -2.16. The van der Waals surface area contributed by atoms with Gasteiger partial charge in [0.25, 0.3) is 0 Å². The smallest absolute Gasteiger partial charge is 0.423 e. The number of halogens is 4. The molecule has 84 valence electrons. The van der Waals surface area contributed by atoms with E-state index in [4.69, 9.17) is 0 Å². The van der Waals surface area contributed by atoms with Crippen molar-refractivity contribution >= 4 is 5.97 Å². The maximum atomic E-state index is 12.8. The molecule has 1 aromatic heterocycles. The molecule has 0 aliphatic rings. The SMILES string of the molecule is COC(=O)c1c(C(F)(F)F)c(F)nn1C. The summed E-state index contributed by atoms with van der Waals surface area (Å²) in [5.74, 6) is -3.04. The molecule has 8 heteroatoms. The number of carbonyl (C=O) groups excluding carboxylic acids is 1. The second-order valence-corrected chi connectivity index (χ2v) is 2.63. The van der Waals surface area contributed by atoms with Gasteiger partial charge in [-0.15, -0.1) is 5.10 Å². The number of alkyl halides is 3. The molecule has 0 amide bonds. The van der Waals surface area contributed by atoms with Gasteiger partial charge in [-0.05, 0) is 0 Å². The third-order valence-corrected chi connectivity index (χ3v) is 1.67. The first-order valence-electron chi connectivity index (χ1n) is 3.67. The second-order valence-electron chi connectivity index (χ2n) is 2.63. The molecule has 0 N–H and O–H groups in total. The van der Waals surface area contributed by atoms with Crippen molar-refractivity contribution < 1.29 is 27.1 Å². The third-order valence-electron chi connectivity index (χ3n) is 1.67. The molecule has 0 fully saturated rings. The molecule has 0 saturated heterocycles. The maximum Gasteiger partial charge on any atom is 0.423 e. The highest BCUT2D eigenvalue weighted by Gasteiger charge is 2.42. The van der Waals surface area contributed by atoms with Gasteiger partial charge in [0, 0.05) is 7.05 Å². The molecule has 0 saturated carbocycles. The van der Waals surface area contributed by atoms with Crippen LogP contribution in [0.2, 0.25) is 0 Å². The minimum absolute atomic E-state index is 0.490. The van der Waals surface area contributed by atoms with Gasteiger partial charge >= 0.3 is 12.1 Å². The van der Waals surface area contributed by atoms with Crippen molar-refractivity contribution in [2.24, 2.45) is 7.05 Å². The van der Waals surface area contributed by atoms with E-state index < -0.39 is 29.4 Å². The number of rotatable bonds is 1. The summed E-state index contributed by atoms with van der Waals surface area (Å²) in [5.41, 5.74) is -2.67. The Bertz CT molecular complexity index is 396. The van der Waals surface area contributed by atoms with Crippen LogP contribution in [0.25, 0.3) is 0 Å². The Hall–Kier alpha value is -1.60. The zero-order valence-corrected chi connectivity index (χ0v) is 7.72. The van der Waals surface area contributed by atoms with Gasteiger partial charge in [0.15, 0.2) is 5.69 Å². The average Bonchev–Trinajstić information content (AvgIpc) is 2.38. The van der Waals surface area contributed by atoms with Crippen LogP contribution < -0.4 is 0 Å². The van der Waals surface area contributed by atoms with Crippen LogP contribution in [-0.2, 0) is 18.0 Å². The lowest BCUT2D eigenvalue weighted by molar-refractivity contribution is -0.140. The first-order chi connectivity index (χ1) is 6.79. The number of hydrogen-bond acceptors (Lipinski definition) is 3. The second kappa shape index (κ2) is 3.52. The minimum atomic E-state index is -4.98. The average molecular weight is 226 g/mol. The number of hydrogen-bond donors (Lipinski definition) is 0. The van der Waals surface area contributed by atoms with Crippen LogP contribution in [0.15, 0.2) is 0 Å². The fourth-order valence-electron chi connectivity index (χ4n) is 1.07. The molecule has 1 rings (SSSR count). The van der Waals surface area contributed by atoms with Crippen LogP contribution in [0.5, 0.6) is 0 Å². The van der Waals surface area contributed by atoms with E-state index in [1.165, 1.54) is 0 Å². The molecule has 0 aliphatic heterocycles. The molecule has 0 radical (unpaired) electrons. The maximum absolute atomic E-state index is 12.8. The van der Waals surface area contributed by atoms with Crippen LogP contribution >= 0.6 is 0 Å². The van der Waals surface area contributed by atoms with E-state index in [0.717, 1.165) is 14.2 Å².